The number of rotatable bonds is 16. The Bertz CT molecular complexity index is 1200. The molecule has 2 amide bonds. The molecule has 1 N–H and O–H groups in total. The van der Waals surface area contributed by atoms with Gasteiger partial charge in [0.15, 0.2) is 11.5 Å². The van der Waals surface area contributed by atoms with E-state index in [-0.39, 0.29) is 18.2 Å². The van der Waals surface area contributed by atoms with Gasteiger partial charge >= 0.3 is 0 Å². The third kappa shape index (κ3) is 9.70. The molecule has 0 fully saturated rings. The van der Waals surface area contributed by atoms with Crippen LogP contribution in [0.2, 0.25) is 0 Å². The average Bonchev–Trinajstić information content (AvgIpc) is 2.96. The second-order valence-corrected chi connectivity index (χ2v) is 10.6. The lowest BCUT2D eigenvalue weighted by Crippen LogP contribution is -2.50. The van der Waals surface area contributed by atoms with Gasteiger partial charge in [-0.25, -0.2) is 0 Å². The van der Waals surface area contributed by atoms with Gasteiger partial charge < -0.3 is 19.7 Å². The number of amides is 2. The van der Waals surface area contributed by atoms with Crippen LogP contribution in [-0.4, -0.2) is 42.5 Å². The van der Waals surface area contributed by atoms with Crippen molar-refractivity contribution in [1.29, 1.82) is 0 Å². The molecule has 3 rings (SSSR count). The summed E-state index contributed by atoms with van der Waals surface area (Å²) in [7, 11) is 0. The minimum absolute atomic E-state index is 0.0682. The number of hydrogen-bond acceptors (Lipinski definition) is 4. The summed E-state index contributed by atoms with van der Waals surface area (Å²) in [5.41, 5.74) is 2.96. The van der Waals surface area contributed by atoms with Crippen LogP contribution in [0.4, 0.5) is 0 Å². The van der Waals surface area contributed by atoms with Crippen molar-refractivity contribution < 1.29 is 19.1 Å². The van der Waals surface area contributed by atoms with Crippen molar-refractivity contribution in [2.24, 2.45) is 0 Å². The molecule has 1 atom stereocenters. The van der Waals surface area contributed by atoms with Crippen LogP contribution < -0.4 is 14.8 Å². The maximum Gasteiger partial charge on any atom is 0.243 e. The van der Waals surface area contributed by atoms with Crippen molar-refractivity contribution in [2.45, 2.75) is 65.5 Å². The van der Waals surface area contributed by atoms with Gasteiger partial charge in [-0.3, -0.25) is 9.59 Å². The van der Waals surface area contributed by atoms with E-state index in [1.807, 2.05) is 86.6 Å². The van der Waals surface area contributed by atoms with E-state index in [4.69, 9.17) is 9.47 Å². The van der Waals surface area contributed by atoms with Crippen molar-refractivity contribution in [1.82, 2.24) is 10.2 Å². The molecule has 0 spiro atoms. The van der Waals surface area contributed by atoms with E-state index in [1.165, 1.54) is 0 Å². The van der Waals surface area contributed by atoms with Gasteiger partial charge in [0.1, 0.15) is 6.04 Å². The Morgan fingerprint density at radius 3 is 2.20 bits per heavy atom. The van der Waals surface area contributed by atoms with Gasteiger partial charge in [-0.15, -0.1) is 0 Å². The zero-order chi connectivity index (χ0) is 28.7. The molecule has 3 aromatic rings. The highest BCUT2D eigenvalue weighted by atomic mass is 79.9. The molecule has 0 radical (unpaired) electrons. The summed E-state index contributed by atoms with van der Waals surface area (Å²) in [4.78, 5) is 29.2. The molecule has 0 aliphatic heterocycles. The summed E-state index contributed by atoms with van der Waals surface area (Å²) < 4.78 is 12.4. The molecule has 0 heterocycles. The Labute approximate surface area is 247 Å². The Balaban J connectivity index is 1.87. The minimum atomic E-state index is -0.630. The molecule has 6 nitrogen and oxygen atoms in total. The van der Waals surface area contributed by atoms with E-state index in [2.05, 4.69) is 28.2 Å². The fraction of sp³-hybridized carbons (Fsp3) is 0.394. The van der Waals surface area contributed by atoms with Gasteiger partial charge in [-0.05, 0) is 67.6 Å². The number of nitrogens with zero attached hydrogens (tertiary/aromatic N) is 1. The number of carbonyl (C=O) groups excluding carboxylic acids is 2. The first-order chi connectivity index (χ1) is 19.4. The summed E-state index contributed by atoms with van der Waals surface area (Å²) in [6.45, 7) is 7.97. The lowest BCUT2D eigenvalue weighted by atomic mass is 10.0. The van der Waals surface area contributed by atoms with E-state index in [9.17, 15) is 9.59 Å². The highest BCUT2D eigenvalue weighted by molar-refractivity contribution is 9.10. The van der Waals surface area contributed by atoms with Crippen LogP contribution in [-0.2, 0) is 29.0 Å². The number of carbonyl (C=O) groups is 2. The van der Waals surface area contributed by atoms with Crippen LogP contribution in [0.15, 0.2) is 77.3 Å². The first-order valence-electron chi connectivity index (χ1n) is 14.2. The molecule has 214 valence electrons. The predicted octanol–water partition coefficient (Wildman–Crippen LogP) is 6.74. The van der Waals surface area contributed by atoms with E-state index in [0.29, 0.717) is 50.6 Å². The van der Waals surface area contributed by atoms with E-state index in [1.54, 1.807) is 4.90 Å². The Hall–Kier alpha value is -3.32. The number of unbranched alkanes of at least 4 members (excludes halogenated alkanes) is 1. The molecular weight excluding hydrogens is 568 g/mol. The van der Waals surface area contributed by atoms with Gasteiger partial charge in [-0.1, -0.05) is 77.8 Å². The first-order valence-corrected chi connectivity index (χ1v) is 15.0. The largest absolute Gasteiger partial charge is 0.490 e. The van der Waals surface area contributed by atoms with Crippen molar-refractivity contribution in [3.05, 3.63) is 94.0 Å². The highest BCUT2D eigenvalue weighted by Gasteiger charge is 2.30. The summed E-state index contributed by atoms with van der Waals surface area (Å²) in [6.07, 6.45) is 3.11. The summed E-state index contributed by atoms with van der Waals surface area (Å²) in [5.74, 6) is 1.19. The number of nitrogens with one attached hydrogen (secondary N) is 1. The molecule has 0 bridgehead atoms. The smallest absolute Gasteiger partial charge is 0.243 e. The molecule has 40 heavy (non-hydrogen) atoms. The van der Waals surface area contributed by atoms with Crippen LogP contribution >= 0.6 is 15.9 Å². The summed E-state index contributed by atoms with van der Waals surface area (Å²) in [5, 5.41) is 3.08. The Morgan fingerprint density at radius 1 is 0.850 bits per heavy atom. The lowest BCUT2D eigenvalue weighted by molar-refractivity contribution is -0.141. The number of ether oxygens (including phenoxy) is 2. The predicted molar refractivity (Wildman–Crippen MR) is 164 cm³/mol. The molecule has 0 unspecified atom stereocenters. The first kappa shape index (κ1) is 31.2. The second-order valence-electron chi connectivity index (χ2n) is 9.65. The van der Waals surface area contributed by atoms with Gasteiger partial charge in [0.05, 0.1) is 13.2 Å². The standard InChI is InChI=1S/C33H41BrN2O4/c1-4-7-21-35-33(38)29(22-25-11-9-8-10-12-25)36(24-27-13-17-28(34)18-14-27)32(37)20-16-26-15-19-30(39-5-2)31(23-26)40-6-3/h8-15,17-19,23,29H,4-7,16,20-22,24H2,1-3H3,(H,35,38)/t29-/m0/s1. The third-order valence-electron chi connectivity index (χ3n) is 6.60. The zero-order valence-electron chi connectivity index (χ0n) is 23.8. The molecule has 0 aliphatic rings. The molecule has 0 aromatic heterocycles. The summed E-state index contributed by atoms with van der Waals surface area (Å²) >= 11 is 3.49. The van der Waals surface area contributed by atoms with Crippen molar-refractivity contribution in [3.8, 4) is 11.5 Å². The average molecular weight is 610 g/mol. The van der Waals surface area contributed by atoms with Crippen molar-refractivity contribution >= 4 is 27.7 Å². The second kappa shape index (κ2) is 16.7. The normalized spacial score (nSPS) is 11.5. The molecule has 7 heteroatoms. The van der Waals surface area contributed by atoms with Gasteiger partial charge in [-0.2, -0.15) is 0 Å². The van der Waals surface area contributed by atoms with Crippen LogP contribution in [0.25, 0.3) is 0 Å². The fourth-order valence-electron chi connectivity index (χ4n) is 4.49. The van der Waals surface area contributed by atoms with E-state index >= 15 is 0 Å². The third-order valence-corrected chi connectivity index (χ3v) is 7.13. The van der Waals surface area contributed by atoms with E-state index in [0.717, 1.165) is 34.0 Å². The van der Waals surface area contributed by atoms with Crippen LogP contribution in [0.1, 0.15) is 56.7 Å². The number of benzene rings is 3. The Kier molecular flexibility index (Phi) is 13.0. The van der Waals surface area contributed by atoms with E-state index < -0.39 is 6.04 Å². The summed E-state index contributed by atoms with van der Waals surface area (Å²) in [6, 6.07) is 23.0. The molecule has 0 saturated carbocycles. The lowest BCUT2D eigenvalue weighted by Gasteiger charge is -2.32. The minimum Gasteiger partial charge on any atom is -0.490 e. The number of hydrogen-bond donors (Lipinski definition) is 1. The maximum atomic E-state index is 13.9. The molecule has 0 aliphatic carbocycles. The number of aryl methyl sites for hydroxylation is 1. The quantitative estimate of drug-likeness (QED) is 0.183. The maximum absolute atomic E-state index is 13.9. The van der Waals surface area contributed by atoms with Crippen LogP contribution in [0, 0.1) is 0 Å². The Morgan fingerprint density at radius 2 is 1.52 bits per heavy atom. The molecule has 0 saturated heterocycles. The van der Waals surface area contributed by atoms with Gasteiger partial charge in [0, 0.05) is 30.4 Å². The number of halogens is 1. The van der Waals surface area contributed by atoms with Gasteiger partial charge in [0.25, 0.3) is 0 Å². The molecular formula is C33H41BrN2O4. The monoisotopic (exact) mass is 608 g/mol. The van der Waals surface area contributed by atoms with Crippen molar-refractivity contribution in [3.63, 3.8) is 0 Å². The van der Waals surface area contributed by atoms with Crippen molar-refractivity contribution in [2.75, 3.05) is 19.8 Å². The van der Waals surface area contributed by atoms with Gasteiger partial charge in [0.2, 0.25) is 11.8 Å². The van der Waals surface area contributed by atoms with Crippen LogP contribution in [0.3, 0.4) is 0 Å². The highest BCUT2D eigenvalue weighted by Crippen LogP contribution is 2.29. The topological polar surface area (TPSA) is 67.9 Å². The zero-order valence-corrected chi connectivity index (χ0v) is 25.4. The molecule has 3 aromatic carbocycles. The fourth-order valence-corrected chi connectivity index (χ4v) is 4.76. The van der Waals surface area contributed by atoms with Crippen LogP contribution in [0.5, 0.6) is 11.5 Å². The SMILES string of the molecule is CCCCNC(=O)[C@H](Cc1ccccc1)N(Cc1ccc(Br)cc1)C(=O)CCc1ccc(OCC)c(OCC)c1.